The topological polar surface area (TPSA) is 21.6 Å². The van der Waals surface area contributed by atoms with Gasteiger partial charge in [-0.3, -0.25) is 4.99 Å². The van der Waals surface area contributed by atoms with Crippen molar-refractivity contribution in [3.8, 4) is 5.75 Å². The van der Waals surface area contributed by atoms with Crippen molar-refractivity contribution in [1.29, 1.82) is 0 Å². The molecule has 0 saturated heterocycles. The number of hydrogen-bond donors (Lipinski definition) is 0. The molecule has 0 aliphatic rings. The van der Waals surface area contributed by atoms with Gasteiger partial charge in [-0.15, -0.1) is 0 Å². The number of para-hydroxylation sites is 1. The molecule has 2 rings (SSSR count). The number of halogens is 2. The van der Waals surface area contributed by atoms with Gasteiger partial charge in [0.05, 0.1) is 17.8 Å². The van der Waals surface area contributed by atoms with Crippen LogP contribution in [-0.2, 0) is 0 Å². The zero-order valence-corrected chi connectivity index (χ0v) is 11.2. The summed E-state index contributed by atoms with van der Waals surface area (Å²) in [5.41, 5.74) is 1.61. The van der Waals surface area contributed by atoms with E-state index in [0.717, 1.165) is 11.3 Å². The first kappa shape index (κ1) is 12.9. The molecule has 2 nitrogen and oxygen atoms in total. The van der Waals surface area contributed by atoms with Crippen LogP contribution in [-0.4, -0.2) is 13.3 Å². The van der Waals surface area contributed by atoms with Crippen LogP contribution in [0.5, 0.6) is 5.75 Å². The van der Waals surface area contributed by atoms with Gasteiger partial charge in [0.1, 0.15) is 5.75 Å². The molecule has 92 valence electrons. The molecule has 0 radical (unpaired) electrons. The average Bonchev–Trinajstić information content (AvgIpc) is 2.37. The number of rotatable bonds is 3. The highest BCUT2D eigenvalue weighted by atomic mass is 35.5. The van der Waals surface area contributed by atoms with Gasteiger partial charge in [-0.05, 0) is 24.3 Å². The number of ether oxygens (including phenoxy) is 1. The Morgan fingerprint density at radius 3 is 2.50 bits per heavy atom. The van der Waals surface area contributed by atoms with Crippen molar-refractivity contribution in [2.24, 2.45) is 4.99 Å². The molecule has 0 fully saturated rings. The van der Waals surface area contributed by atoms with Crippen molar-refractivity contribution < 1.29 is 4.74 Å². The first-order valence-electron chi connectivity index (χ1n) is 5.33. The van der Waals surface area contributed by atoms with Crippen LogP contribution in [0.15, 0.2) is 47.5 Å². The molecular weight excluding hydrogens is 269 g/mol. The van der Waals surface area contributed by atoms with E-state index in [4.69, 9.17) is 27.9 Å². The maximum absolute atomic E-state index is 6.05. The summed E-state index contributed by atoms with van der Waals surface area (Å²) in [5, 5.41) is 1.02. The minimum atomic E-state index is 0.472. The number of nitrogens with zero attached hydrogens (tertiary/aromatic N) is 1. The molecule has 4 heteroatoms. The number of benzene rings is 2. The summed E-state index contributed by atoms with van der Waals surface area (Å²) in [6.45, 7) is 0. The van der Waals surface area contributed by atoms with Crippen LogP contribution in [0.1, 0.15) is 5.56 Å². The van der Waals surface area contributed by atoms with Gasteiger partial charge in [-0.2, -0.15) is 0 Å². The SMILES string of the molecule is COc1c(Cl)cc(Cl)cc1C=Nc1ccccc1. The molecule has 0 saturated carbocycles. The lowest BCUT2D eigenvalue weighted by molar-refractivity contribution is 0.414. The van der Waals surface area contributed by atoms with Crippen molar-refractivity contribution in [2.75, 3.05) is 7.11 Å². The Bertz CT molecular complexity index is 568. The molecule has 2 aromatic rings. The summed E-state index contributed by atoms with van der Waals surface area (Å²) in [6, 6.07) is 13.0. The third-order valence-electron chi connectivity index (χ3n) is 2.35. The predicted molar refractivity (Wildman–Crippen MR) is 76.7 cm³/mol. The van der Waals surface area contributed by atoms with Gasteiger partial charge in [-0.1, -0.05) is 41.4 Å². The fourth-order valence-electron chi connectivity index (χ4n) is 1.55. The summed E-state index contributed by atoms with van der Waals surface area (Å²) >= 11 is 12.0. The van der Waals surface area contributed by atoms with E-state index in [9.17, 15) is 0 Å². The standard InChI is InChI=1S/C14H11Cl2NO/c1-18-14-10(7-11(15)8-13(14)16)9-17-12-5-3-2-4-6-12/h2-9H,1H3. The molecular formula is C14H11Cl2NO. The summed E-state index contributed by atoms with van der Waals surface area (Å²) in [5.74, 6) is 0.570. The lowest BCUT2D eigenvalue weighted by Gasteiger charge is -2.07. The normalized spacial score (nSPS) is 10.8. The fraction of sp³-hybridized carbons (Fsp3) is 0.0714. The molecule has 0 amide bonds. The van der Waals surface area contributed by atoms with Crippen LogP contribution in [0.2, 0.25) is 10.0 Å². The molecule has 0 unspecified atom stereocenters. The van der Waals surface area contributed by atoms with E-state index in [1.54, 1.807) is 25.5 Å². The predicted octanol–water partition coefficient (Wildman–Crippen LogP) is 4.75. The highest BCUT2D eigenvalue weighted by Gasteiger charge is 2.07. The Labute approximate surface area is 116 Å². The molecule has 0 aliphatic carbocycles. The van der Waals surface area contributed by atoms with Gasteiger partial charge in [0, 0.05) is 16.8 Å². The third-order valence-corrected chi connectivity index (χ3v) is 2.85. The van der Waals surface area contributed by atoms with E-state index in [1.165, 1.54) is 0 Å². The summed E-state index contributed by atoms with van der Waals surface area (Å²) < 4.78 is 5.24. The van der Waals surface area contributed by atoms with Gasteiger partial charge >= 0.3 is 0 Å². The van der Waals surface area contributed by atoms with Gasteiger partial charge in [0.2, 0.25) is 0 Å². The zero-order chi connectivity index (χ0) is 13.0. The van der Waals surface area contributed by atoms with E-state index in [1.807, 2.05) is 30.3 Å². The van der Waals surface area contributed by atoms with Crippen LogP contribution < -0.4 is 4.74 Å². The molecule has 0 spiro atoms. The van der Waals surface area contributed by atoms with Gasteiger partial charge in [-0.25, -0.2) is 0 Å². The van der Waals surface area contributed by atoms with Crippen LogP contribution >= 0.6 is 23.2 Å². The smallest absolute Gasteiger partial charge is 0.146 e. The molecule has 2 aromatic carbocycles. The highest BCUT2D eigenvalue weighted by molar-refractivity contribution is 6.36. The van der Waals surface area contributed by atoms with Crippen molar-refractivity contribution in [3.63, 3.8) is 0 Å². The van der Waals surface area contributed by atoms with Crippen LogP contribution in [0, 0.1) is 0 Å². The van der Waals surface area contributed by atoms with Gasteiger partial charge in [0.15, 0.2) is 0 Å². The van der Waals surface area contributed by atoms with Crippen LogP contribution in [0.25, 0.3) is 0 Å². The minimum Gasteiger partial charge on any atom is -0.495 e. The second-order valence-electron chi connectivity index (χ2n) is 3.60. The molecule has 0 bridgehead atoms. The van der Waals surface area contributed by atoms with Crippen LogP contribution in [0.3, 0.4) is 0 Å². The van der Waals surface area contributed by atoms with E-state index in [2.05, 4.69) is 4.99 Å². The Morgan fingerprint density at radius 2 is 1.83 bits per heavy atom. The number of aliphatic imine (C=N–C) groups is 1. The second-order valence-corrected chi connectivity index (χ2v) is 4.45. The molecule has 18 heavy (non-hydrogen) atoms. The van der Waals surface area contributed by atoms with Gasteiger partial charge < -0.3 is 4.74 Å². The first-order chi connectivity index (χ1) is 8.70. The Morgan fingerprint density at radius 1 is 1.11 bits per heavy atom. The maximum atomic E-state index is 6.05. The van der Waals surface area contributed by atoms with Crippen molar-refractivity contribution in [3.05, 3.63) is 58.1 Å². The van der Waals surface area contributed by atoms with E-state index >= 15 is 0 Å². The fourth-order valence-corrected chi connectivity index (χ4v) is 2.14. The molecule has 0 N–H and O–H groups in total. The van der Waals surface area contributed by atoms with Gasteiger partial charge in [0.25, 0.3) is 0 Å². The molecule has 0 aromatic heterocycles. The summed E-state index contributed by atoms with van der Waals surface area (Å²) in [7, 11) is 1.56. The quantitative estimate of drug-likeness (QED) is 0.743. The number of methoxy groups -OCH3 is 1. The summed E-state index contributed by atoms with van der Waals surface area (Å²) in [6.07, 6.45) is 1.69. The monoisotopic (exact) mass is 279 g/mol. The largest absolute Gasteiger partial charge is 0.495 e. The highest BCUT2D eigenvalue weighted by Crippen LogP contribution is 2.31. The van der Waals surface area contributed by atoms with E-state index in [0.29, 0.717) is 15.8 Å². The molecule has 0 atom stereocenters. The van der Waals surface area contributed by atoms with Crippen molar-refractivity contribution in [2.45, 2.75) is 0 Å². The Balaban J connectivity index is 2.37. The average molecular weight is 280 g/mol. The second kappa shape index (κ2) is 5.89. The first-order valence-corrected chi connectivity index (χ1v) is 6.08. The Kier molecular flexibility index (Phi) is 4.24. The zero-order valence-electron chi connectivity index (χ0n) is 9.73. The van der Waals surface area contributed by atoms with Crippen molar-refractivity contribution in [1.82, 2.24) is 0 Å². The van der Waals surface area contributed by atoms with Crippen molar-refractivity contribution >= 4 is 35.1 Å². The lowest BCUT2D eigenvalue weighted by atomic mass is 10.2. The van der Waals surface area contributed by atoms with Crippen LogP contribution in [0.4, 0.5) is 5.69 Å². The van der Waals surface area contributed by atoms with E-state index in [-0.39, 0.29) is 0 Å². The molecule has 0 aliphatic heterocycles. The Hall–Kier alpha value is -1.51. The third kappa shape index (κ3) is 3.03. The number of hydrogen-bond acceptors (Lipinski definition) is 2. The van der Waals surface area contributed by atoms with E-state index < -0.39 is 0 Å². The summed E-state index contributed by atoms with van der Waals surface area (Å²) in [4.78, 5) is 4.35. The molecule has 0 heterocycles. The maximum Gasteiger partial charge on any atom is 0.146 e. The lowest BCUT2D eigenvalue weighted by Crippen LogP contribution is -1.92. The minimum absolute atomic E-state index is 0.472.